The van der Waals surface area contributed by atoms with Crippen molar-refractivity contribution in [2.45, 2.75) is 13.5 Å². The van der Waals surface area contributed by atoms with Gasteiger partial charge in [0, 0.05) is 6.54 Å². The number of nitro groups is 1. The lowest BCUT2D eigenvalue weighted by Gasteiger charge is -2.11. The molecular weight excluding hydrogens is 256 g/mol. The molecule has 0 saturated carbocycles. The van der Waals surface area contributed by atoms with Crippen LogP contribution in [0.5, 0.6) is 5.75 Å². The molecule has 0 bridgehead atoms. The van der Waals surface area contributed by atoms with E-state index in [2.05, 4.69) is 5.32 Å². The number of nitro benzene ring substituents is 1. The molecule has 0 saturated heterocycles. The molecule has 0 aliphatic carbocycles. The first-order valence-electron chi connectivity index (χ1n) is 6.23. The van der Waals surface area contributed by atoms with Crippen LogP contribution in [0.4, 0.5) is 11.4 Å². The largest absolute Gasteiger partial charge is 0.490 e. The number of hydrogen-bond acceptors (Lipinski definition) is 4. The molecule has 0 aliphatic rings. The Morgan fingerprint density at radius 1 is 1.20 bits per heavy atom. The van der Waals surface area contributed by atoms with Crippen LogP contribution in [0.3, 0.4) is 0 Å². The number of para-hydroxylation sites is 1. The minimum atomic E-state index is -0.432. The normalized spacial score (nSPS) is 10.1. The summed E-state index contributed by atoms with van der Waals surface area (Å²) in [6.07, 6.45) is 0. The highest BCUT2D eigenvalue weighted by Crippen LogP contribution is 2.34. The minimum Gasteiger partial charge on any atom is -0.490 e. The first kappa shape index (κ1) is 13.9. The number of nitrogens with zero attached hydrogens (tertiary/aromatic N) is 1. The molecule has 0 heterocycles. The summed E-state index contributed by atoms with van der Waals surface area (Å²) in [5.74, 6) is 0.254. The van der Waals surface area contributed by atoms with Crippen molar-refractivity contribution in [2.24, 2.45) is 0 Å². The minimum absolute atomic E-state index is 0.0383. The number of anilines is 1. The van der Waals surface area contributed by atoms with Gasteiger partial charge in [-0.25, -0.2) is 0 Å². The van der Waals surface area contributed by atoms with Gasteiger partial charge >= 0.3 is 5.69 Å². The molecule has 0 unspecified atom stereocenters. The Morgan fingerprint density at radius 3 is 2.60 bits per heavy atom. The van der Waals surface area contributed by atoms with Gasteiger partial charge in [0.15, 0.2) is 5.75 Å². The second-order valence-corrected chi connectivity index (χ2v) is 4.39. The van der Waals surface area contributed by atoms with E-state index in [0.717, 1.165) is 11.1 Å². The van der Waals surface area contributed by atoms with Crippen molar-refractivity contribution >= 4 is 11.4 Å². The number of benzene rings is 2. The first-order chi connectivity index (χ1) is 9.63. The van der Waals surface area contributed by atoms with Crippen molar-refractivity contribution in [1.29, 1.82) is 0 Å². The second kappa shape index (κ2) is 6.06. The predicted molar refractivity (Wildman–Crippen MR) is 78.2 cm³/mol. The number of methoxy groups -OCH3 is 1. The molecule has 5 nitrogen and oxygen atoms in total. The average molecular weight is 272 g/mol. The smallest absolute Gasteiger partial charge is 0.333 e. The zero-order valence-corrected chi connectivity index (χ0v) is 11.4. The molecule has 0 radical (unpaired) electrons. The lowest BCUT2D eigenvalue weighted by Crippen LogP contribution is -2.05. The third kappa shape index (κ3) is 2.88. The van der Waals surface area contributed by atoms with Gasteiger partial charge in [0.1, 0.15) is 5.69 Å². The molecule has 0 fully saturated rings. The highest BCUT2D eigenvalue weighted by Gasteiger charge is 2.20. The standard InChI is InChI=1S/C15H16N2O3/c1-11-6-3-4-7-12(11)10-16-13-8-5-9-14(20-2)15(13)17(18)19/h3-9,16H,10H2,1-2H3. The van der Waals surface area contributed by atoms with Crippen LogP contribution in [0.25, 0.3) is 0 Å². The van der Waals surface area contributed by atoms with Gasteiger partial charge in [-0.2, -0.15) is 0 Å². The number of hydrogen-bond donors (Lipinski definition) is 1. The first-order valence-corrected chi connectivity index (χ1v) is 6.23. The van der Waals surface area contributed by atoms with Crippen molar-refractivity contribution in [1.82, 2.24) is 0 Å². The van der Waals surface area contributed by atoms with Crippen molar-refractivity contribution in [3.8, 4) is 5.75 Å². The van der Waals surface area contributed by atoms with Crippen LogP contribution in [0.15, 0.2) is 42.5 Å². The van der Waals surface area contributed by atoms with Crippen LogP contribution in [0.2, 0.25) is 0 Å². The summed E-state index contributed by atoms with van der Waals surface area (Å²) in [5, 5.41) is 14.3. The third-order valence-electron chi connectivity index (χ3n) is 3.13. The van der Waals surface area contributed by atoms with Gasteiger partial charge < -0.3 is 10.1 Å². The lowest BCUT2D eigenvalue weighted by atomic mass is 10.1. The van der Waals surface area contributed by atoms with Crippen molar-refractivity contribution < 1.29 is 9.66 Å². The highest BCUT2D eigenvalue weighted by atomic mass is 16.6. The van der Waals surface area contributed by atoms with Gasteiger partial charge in [-0.1, -0.05) is 30.3 Å². The summed E-state index contributed by atoms with van der Waals surface area (Å²) < 4.78 is 5.04. The predicted octanol–water partition coefficient (Wildman–Crippen LogP) is 3.52. The summed E-state index contributed by atoms with van der Waals surface area (Å²) in [6.45, 7) is 2.54. The van der Waals surface area contributed by atoms with E-state index in [4.69, 9.17) is 4.74 Å². The fourth-order valence-corrected chi connectivity index (χ4v) is 2.02. The highest BCUT2D eigenvalue weighted by molar-refractivity contribution is 5.68. The molecule has 0 amide bonds. The Labute approximate surface area is 117 Å². The number of rotatable bonds is 5. The summed E-state index contributed by atoms with van der Waals surface area (Å²) >= 11 is 0. The topological polar surface area (TPSA) is 64.4 Å². The van der Waals surface area contributed by atoms with E-state index < -0.39 is 4.92 Å². The zero-order chi connectivity index (χ0) is 14.5. The van der Waals surface area contributed by atoms with Gasteiger partial charge in [0.05, 0.1) is 12.0 Å². The van der Waals surface area contributed by atoms with Gasteiger partial charge in [0.2, 0.25) is 0 Å². The Bertz CT molecular complexity index is 626. The summed E-state index contributed by atoms with van der Waals surface area (Å²) in [4.78, 5) is 10.7. The average Bonchev–Trinajstić information content (AvgIpc) is 2.45. The van der Waals surface area contributed by atoms with E-state index in [1.54, 1.807) is 18.2 Å². The molecule has 104 valence electrons. The number of ether oxygens (including phenoxy) is 1. The molecule has 20 heavy (non-hydrogen) atoms. The molecule has 0 aliphatic heterocycles. The van der Waals surface area contributed by atoms with E-state index in [0.29, 0.717) is 12.2 Å². The molecular formula is C15H16N2O3. The van der Waals surface area contributed by atoms with Crippen LogP contribution in [-0.2, 0) is 6.54 Å². The Morgan fingerprint density at radius 2 is 1.95 bits per heavy atom. The maximum Gasteiger partial charge on any atom is 0.333 e. The zero-order valence-electron chi connectivity index (χ0n) is 11.4. The second-order valence-electron chi connectivity index (χ2n) is 4.39. The lowest BCUT2D eigenvalue weighted by molar-refractivity contribution is -0.384. The Balaban J connectivity index is 2.26. The SMILES string of the molecule is COc1cccc(NCc2ccccc2C)c1[N+](=O)[O-]. The molecule has 0 spiro atoms. The van der Waals surface area contributed by atoms with Crippen LogP contribution in [0, 0.1) is 17.0 Å². The van der Waals surface area contributed by atoms with E-state index in [1.165, 1.54) is 7.11 Å². The molecule has 0 aromatic heterocycles. The molecule has 5 heteroatoms. The molecule has 0 atom stereocenters. The van der Waals surface area contributed by atoms with Crippen LogP contribution in [-0.4, -0.2) is 12.0 Å². The van der Waals surface area contributed by atoms with Gasteiger partial charge in [-0.3, -0.25) is 10.1 Å². The molecule has 1 N–H and O–H groups in total. The molecule has 2 rings (SSSR count). The van der Waals surface area contributed by atoms with Gasteiger partial charge in [-0.05, 0) is 30.2 Å². The quantitative estimate of drug-likeness (QED) is 0.668. The molecule has 2 aromatic rings. The fraction of sp³-hybridized carbons (Fsp3) is 0.200. The van der Waals surface area contributed by atoms with Crippen LogP contribution >= 0.6 is 0 Å². The van der Waals surface area contributed by atoms with Crippen molar-refractivity contribution in [3.63, 3.8) is 0 Å². The maximum absolute atomic E-state index is 11.2. The Hall–Kier alpha value is -2.56. The van der Waals surface area contributed by atoms with E-state index in [-0.39, 0.29) is 11.4 Å². The van der Waals surface area contributed by atoms with Crippen LogP contribution < -0.4 is 10.1 Å². The summed E-state index contributed by atoms with van der Waals surface area (Å²) in [5.41, 5.74) is 2.66. The molecule has 2 aromatic carbocycles. The van der Waals surface area contributed by atoms with Gasteiger partial charge in [-0.15, -0.1) is 0 Å². The maximum atomic E-state index is 11.2. The number of aryl methyl sites for hydroxylation is 1. The Kier molecular flexibility index (Phi) is 4.20. The summed E-state index contributed by atoms with van der Waals surface area (Å²) in [7, 11) is 1.42. The fourth-order valence-electron chi connectivity index (χ4n) is 2.02. The third-order valence-corrected chi connectivity index (χ3v) is 3.13. The summed E-state index contributed by atoms with van der Waals surface area (Å²) in [6, 6.07) is 12.9. The van der Waals surface area contributed by atoms with E-state index >= 15 is 0 Å². The van der Waals surface area contributed by atoms with E-state index in [9.17, 15) is 10.1 Å². The van der Waals surface area contributed by atoms with Crippen LogP contribution in [0.1, 0.15) is 11.1 Å². The van der Waals surface area contributed by atoms with E-state index in [1.807, 2.05) is 31.2 Å². The van der Waals surface area contributed by atoms with Crippen molar-refractivity contribution in [2.75, 3.05) is 12.4 Å². The monoisotopic (exact) mass is 272 g/mol. The number of nitrogens with one attached hydrogen (secondary N) is 1. The van der Waals surface area contributed by atoms with Crippen molar-refractivity contribution in [3.05, 3.63) is 63.7 Å². The van der Waals surface area contributed by atoms with Gasteiger partial charge in [0.25, 0.3) is 0 Å².